The fraction of sp³-hybridized carbons (Fsp3) is 0.565. The standard InChI is InChI=1S/C23H30FN3O3/c1-23(2,3)30-22(29)26-9-6-15(7-10-26)21(28)27-11-8-16(14-27)19-13-25-20-12-17(24)4-5-18(19)20/h4-5,12-13,15-16,25H,6-11,14H2,1-3H3. The zero-order valence-electron chi connectivity index (χ0n) is 17.9. The first-order valence-corrected chi connectivity index (χ1v) is 10.7. The molecule has 1 atom stereocenters. The van der Waals surface area contributed by atoms with Crippen LogP contribution in [0.2, 0.25) is 0 Å². The number of halogens is 1. The molecule has 7 heteroatoms. The van der Waals surface area contributed by atoms with Crippen LogP contribution >= 0.6 is 0 Å². The third kappa shape index (κ3) is 4.30. The second kappa shape index (κ2) is 7.93. The van der Waals surface area contributed by atoms with Crippen LogP contribution in [0.25, 0.3) is 10.9 Å². The summed E-state index contributed by atoms with van der Waals surface area (Å²) in [5.74, 6) is 0.151. The van der Waals surface area contributed by atoms with Crippen molar-refractivity contribution in [2.24, 2.45) is 5.92 Å². The Kier molecular flexibility index (Phi) is 5.47. The number of amides is 2. The van der Waals surface area contributed by atoms with E-state index in [1.165, 1.54) is 12.1 Å². The number of carbonyl (C=O) groups is 2. The van der Waals surface area contributed by atoms with Crippen molar-refractivity contribution in [2.45, 2.75) is 51.6 Å². The number of fused-ring (bicyclic) bond motifs is 1. The van der Waals surface area contributed by atoms with Gasteiger partial charge < -0.3 is 19.5 Å². The minimum Gasteiger partial charge on any atom is -0.444 e. The number of aromatic amines is 1. The van der Waals surface area contributed by atoms with Gasteiger partial charge in [-0.25, -0.2) is 9.18 Å². The van der Waals surface area contributed by atoms with Crippen LogP contribution in [0.1, 0.15) is 51.5 Å². The van der Waals surface area contributed by atoms with E-state index >= 15 is 0 Å². The number of likely N-dealkylation sites (tertiary alicyclic amines) is 2. The van der Waals surface area contributed by atoms with Crippen LogP contribution in [-0.2, 0) is 9.53 Å². The molecule has 1 aromatic carbocycles. The molecule has 1 N–H and O–H groups in total. The van der Waals surface area contributed by atoms with E-state index in [0.717, 1.165) is 29.4 Å². The molecule has 1 aromatic heterocycles. The molecule has 0 saturated carbocycles. The number of ether oxygens (including phenoxy) is 1. The summed E-state index contributed by atoms with van der Waals surface area (Å²) in [5, 5.41) is 1.03. The highest BCUT2D eigenvalue weighted by atomic mass is 19.1. The molecule has 4 rings (SSSR count). The molecule has 6 nitrogen and oxygen atoms in total. The number of rotatable bonds is 2. The van der Waals surface area contributed by atoms with E-state index in [4.69, 9.17) is 4.74 Å². The maximum absolute atomic E-state index is 13.4. The average Bonchev–Trinajstić information content (AvgIpc) is 3.32. The molecule has 2 fully saturated rings. The fourth-order valence-electron chi connectivity index (χ4n) is 4.57. The molecular weight excluding hydrogens is 385 g/mol. The van der Waals surface area contributed by atoms with Crippen molar-refractivity contribution in [3.8, 4) is 0 Å². The predicted molar refractivity (Wildman–Crippen MR) is 113 cm³/mol. The lowest BCUT2D eigenvalue weighted by Crippen LogP contribution is -2.45. The Hall–Kier alpha value is -2.57. The van der Waals surface area contributed by atoms with Gasteiger partial charge in [-0.15, -0.1) is 0 Å². The van der Waals surface area contributed by atoms with Crippen molar-refractivity contribution in [2.75, 3.05) is 26.2 Å². The number of piperidine rings is 1. The summed E-state index contributed by atoms with van der Waals surface area (Å²) in [6, 6.07) is 4.80. The lowest BCUT2D eigenvalue weighted by molar-refractivity contribution is -0.136. The zero-order valence-corrected chi connectivity index (χ0v) is 17.9. The van der Waals surface area contributed by atoms with Crippen LogP contribution in [0.5, 0.6) is 0 Å². The monoisotopic (exact) mass is 415 g/mol. The number of hydrogen-bond donors (Lipinski definition) is 1. The van der Waals surface area contributed by atoms with Crippen LogP contribution in [0, 0.1) is 11.7 Å². The van der Waals surface area contributed by atoms with Crippen molar-refractivity contribution in [3.63, 3.8) is 0 Å². The topological polar surface area (TPSA) is 65.6 Å². The molecule has 2 amide bonds. The van der Waals surface area contributed by atoms with Crippen LogP contribution in [0.4, 0.5) is 9.18 Å². The Morgan fingerprint density at radius 2 is 1.80 bits per heavy atom. The van der Waals surface area contributed by atoms with Crippen molar-refractivity contribution in [1.82, 2.24) is 14.8 Å². The van der Waals surface area contributed by atoms with Crippen molar-refractivity contribution in [3.05, 3.63) is 35.8 Å². The quantitative estimate of drug-likeness (QED) is 0.797. The number of nitrogens with one attached hydrogen (secondary N) is 1. The number of benzene rings is 1. The summed E-state index contributed by atoms with van der Waals surface area (Å²) < 4.78 is 18.9. The zero-order chi connectivity index (χ0) is 21.5. The molecule has 3 heterocycles. The summed E-state index contributed by atoms with van der Waals surface area (Å²) >= 11 is 0. The number of carbonyl (C=O) groups excluding carboxylic acids is 2. The highest BCUT2D eigenvalue weighted by Crippen LogP contribution is 2.34. The summed E-state index contributed by atoms with van der Waals surface area (Å²) in [4.78, 5) is 32.1. The van der Waals surface area contributed by atoms with E-state index in [-0.39, 0.29) is 29.7 Å². The van der Waals surface area contributed by atoms with Crippen LogP contribution in [0.15, 0.2) is 24.4 Å². The second-order valence-corrected chi connectivity index (χ2v) is 9.45. The lowest BCUT2D eigenvalue weighted by atomic mass is 9.95. The van der Waals surface area contributed by atoms with Gasteiger partial charge in [0.05, 0.1) is 0 Å². The van der Waals surface area contributed by atoms with E-state index in [2.05, 4.69) is 4.98 Å². The third-order valence-electron chi connectivity index (χ3n) is 6.11. The van der Waals surface area contributed by atoms with E-state index in [9.17, 15) is 14.0 Å². The molecule has 2 aromatic rings. The van der Waals surface area contributed by atoms with E-state index in [0.29, 0.717) is 32.5 Å². The average molecular weight is 416 g/mol. The molecule has 0 spiro atoms. The maximum Gasteiger partial charge on any atom is 0.410 e. The highest BCUT2D eigenvalue weighted by Gasteiger charge is 2.35. The van der Waals surface area contributed by atoms with Crippen LogP contribution in [-0.4, -0.2) is 58.6 Å². The second-order valence-electron chi connectivity index (χ2n) is 9.45. The predicted octanol–water partition coefficient (Wildman–Crippen LogP) is 4.27. The summed E-state index contributed by atoms with van der Waals surface area (Å²) in [6.07, 6.45) is 3.90. The number of nitrogens with zero attached hydrogens (tertiary/aromatic N) is 2. The van der Waals surface area contributed by atoms with Gasteiger partial charge in [-0.3, -0.25) is 4.79 Å². The van der Waals surface area contributed by atoms with E-state index in [1.54, 1.807) is 4.90 Å². The first kappa shape index (κ1) is 20.7. The molecule has 162 valence electrons. The minimum atomic E-state index is -0.511. The third-order valence-corrected chi connectivity index (χ3v) is 6.11. The Balaban J connectivity index is 1.34. The molecule has 2 aliphatic rings. The van der Waals surface area contributed by atoms with Gasteiger partial charge in [-0.1, -0.05) is 0 Å². The number of H-pyrrole nitrogens is 1. The Morgan fingerprint density at radius 1 is 1.10 bits per heavy atom. The maximum atomic E-state index is 13.4. The summed E-state index contributed by atoms with van der Waals surface area (Å²) in [5.41, 5.74) is 1.44. The first-order chi connectivity index (χ1) is 14.2. The number of aromatic nitrogens is 1. The van der Waals surface area contributed by atoms with E-state index < -0.39 is 5.60 Å². The largest absolute Gasteiger partial charge is 0.444 e. The molecule has 30 heavy (non-hydrogen) atoms. The van der Waals surface area contributed by atoms with Gasteiger partial charge in [0.2, 0.25) is 5.91 Å². The fourth-order valence-corrected chi connectivity index (χ4v) is 4.57. The van der Waals surface area contributed by atoms with Gasteiger partial charge >= 0.3 is 6.09 Å². The molecule has 0 aliphatic carbocycles. The van der Waals surface area contributed by atoms with Gasteiger partial charge in [0.1, 0.15) is 11.4 Å². The van der Waals surface area contributed by atoms with Gasteiger partial charge in [0, 0.05) is 55.1 Å². The Labute approximate surface area is 176 Å². The minimum absolute atomic E-state index is 0.0421. The lowest BCUT2D eigenvalue weighted by Gasteiger charge is -2.34. The summed E-state index contributed by atoms with van der Waals surface area (Å²) in [7, 11) is 0. The normalized spacial score (nSPS) is 20.7. The van der Waals surface area contributed by atoms with Crippen LogP contribution in [0.3, 0.4) is 0 Å². The Morgan fingerprint density at radius 3 is 2.50 bits per heavy atom. The van der Waals surface area contributed by atoms with Gasteiger partial charge in [0.25, 0.3) is 0 Å². The first-order valence-electron chi connectivity index (χ1n) is 10.7. The van der Waals surface area contributed by atoms with Crippen molar-refractivity contribution >= 4 is 22.9 Å². The molecule has 0 radical (unpaired) electrons. The van der Waals surface area contributed by atoms with E-state index in [1.807, 2.05) is 37.9 Å². The van der Waals surface area contributed by atoms with Crippen molar-refractivity contribution < 1.29 is 18.7 Å². The SMILES string of the molecule is CC(C)(C)OC(=O)N1CCC(C(=O)N2CCC(c3c[nH]c4cc(F)ccc34)C2)CC1. The Bertz CT molecular complexity index is 941. The van der Waals surface area contributed by atoms with Gasteiger partial charge in [0.15, 0.2) is 0 Å². The molecule has 0 bridgehead atoms. The van der Waals surface area contributed by atoms with Gasteiger partial charge in [-0.2, -0.15) is 0 Å². The van der Waals surface area contributed by atoms with Crippen LogP contribution < -0.4 is 0 Å². The molecular formula is C23H30FN3O3. The van der Waals surface area contributed by atoms with Crippen molar-refractivity contribution in [1.29, 1.82) is 0 Å². The molecule has 2 aliphatic heterocycles. The summed E-state index contributed by atoms with van der Waals surface area (Å²) in [6.45, 7) is 8.10. The molecule has 2 saturated heterocycles. The number of hydrogen-bond acceptors (Lipinski definition) is 3. The smallest absolute Gasteiger partial charge is 0.410 e. The van der Waals surface area contributed by atoms with Gasteiger partial charge in [-0.05, 0) is 63.8 Å². The molecule has 1 unspecified atom stereocenters. The highest BCUT2D eigenvalue weighted by molar-refractivity contribution is 5.84.